The molecule has 0 aromatic carbocycles. The van der Waals surface area contributed by atoms with Crippen LogP contribution in [-0.4, -0.2) is 29.8 Å². The van der Waals surface area contributed by atoms with Gasteiger partial charge in [0.15, 0.2) is 0 Å². The van der Waals surface area contributed by atoms with Crippen molar-refractivity contribution in [3.63, 3.8) is 0 Å². The van der Waals surface area contributed by atoms with Crippen molar-refractivity contribution in [3.8, 4) is 0 Å². The maximum atomic E-state index is 5.21. The Morgan fingerprint density at radius 1 is 1.53 bits per heavy atom. The Balaban J connectivity index is 2.69. The summed E-state index contributed by atoms with van der Waals surface area (Å²) in [5, 5.41) is 3.44. The zero-order valence-electron chi connectivity index (χ0n) is 9.86. The van der Waals surface area contributed by atoms with Crippen LogP contribution in [0.5, 0.6) is 0 Å². The molecule has 0 spiro atoms. The lowest BCUT2D eigenvalue weighted by molar-refractivity contribution is 0.162. The molecule has 1 aromatic heterocycles. The van der Waals surface area contributed by atoms with E-state index in [9.17, 15) is 0 Å². The van der Waals surface area contributed by atoms with Gasteiger partial charge in [0.2, 0.25) is 0 Å². The van der Waals surface area contributed by atoms with Crippen LogP contribution in [0, 0.1) is 0 Å². The largest absolute Gasteiger partial charge is 0.383 e. The zero-order valence-corrected chi connectivity index (χ0v) is 9.86. The molecular weight excluding hydrogens is 190 g/mol. The highest BCUT2D eigenvalue weighted by atomic mass is 16.5. The van der Waals surface area contributed by atoms with Crippen molar-refractivity contribution < 1.29 is 4.74 Å². The summed E-state index contributed by atoms with van der Waals surface area (Å²) in [7, 11) is 1.72. The first kappa shape index (κ1) is 12.2. The number of rotatable bonds is 7. The first-order valence-corrected chi connectivity index (χ1v) is 5.56. The second-order valence-electron chi connectivity index (χ2n) is 3.53. The molecule has 0 amide bonds. The molecule has 0 saturated heterocycles. The molecule has 0 bridgehead atoms. The average molecular weight is 211 g/mol. The Kier molecular flexibility index (Phi) is 5.36. The first-order valence-electron chi connectivity index (χ1n) is 5.56. The normalized spacial score (nSPS) is 13.0. The maximum Gasteiger partial charge on any atom is 0.128 e. The molecular formula is C11H21N3O. The molecule has 0 aliphatic carbocycles. The fourth-order valence-electron chi connectivity index (χ4n) is 1.61. The van der Waals surface area contributed by atoms with Crippen LogP contribution in [0.25, 0.3) is 0 Å². The predicted octanol–water partition coefficient (Wildman–Crippen LogP) is 1.59. The van der Waals surface area contributed by atoms with Gasteiger partial charge in [-0.2, -0.15) is 0 Å². The van der Waals surface area contributed by atoms with Gasteiger partial charge in [-0.1, -0.05) is 6.92 Å². The molecule has 1 rings (SSSR count). The summed E-state index contributed by atoms with van der Waals surface area (Å²) in [4.78, 5) is 4.38. The van der Waals surface area contributed by atoms with E-state index < -0.39 is 0 Å². The van der Waals surface area contributed by atoms with Crippen LogP contribution in [-0.2, 0) is 11.3 Å². The molecule has 1 N–H and O–H groups in total. The zero-order chi connectivity index (χ0) is 11.1. The Morgan fingerprint density at radius 2 is 2.33 bits per heavy atom. The lowest BCUT2D eigenvalue weighted by Crippen LogP contribution is -2.28. The first-order chi connectivity index (χ1) is 7.33. The van der Waals surface area contributed by atoms with Crippen LogP contribution < -0.4 is 5.32 Å². The van der Waals surface area contributed by atoms with E-state index in [2.05, 4.69) is 28.7 Å². The highest BCUT2D eigenvalue weighted by Crippen LogP contribution is 2.11. The van der Waals surface area contributed by atoms with Crippen molar-refractivity contribution in [2.45, 2.75) is 32.9 Å². The van der Waals surface area contributed by atoms with Gasteiger partial charge in [0.1, 0.15) is 5.82 Å². The maximum absolute atomic E-state index is 5.21. The van der Waals surface area contributed by atoms with E-state index in [0.29, 0.717) is 6.61 Å². The smallest absolute Gasteiger partial charge is 0.128 e. The van der Waals surface area contributed by atoms with E-state index in [1.807, 2.05) is 12.4 Å². The van der Waals surface area contributed by atoms with E-state index >= 15 is 0 Å². The van der Waals surface area contributed by atoms with Gasteiger partial charge in [-0.05, 0) is 19.9 Å². The van der Waals surface area contributed by atoms with Crippen LogP contribution in [0.3, 0.4) is 0 Å². The lowest BCUT2D eigenvalue weighted by Gasteiger charge is -2.18. The van der Waals surface area contributed by atoms with E-state index in [1.165, 1.54) is 0 Å². The summed E-state index contributed by atoms with van der Waals surface area (Å²) in [6.45, 7) is 6.88. The number of nitrogens with zero attached hydrogens (tertiary/aromatic N) is 2. The minimum atomic E-state index is 0.199. The third-order valence-corrected chi connectivity index (χ3v) is 2.37. The van der Waals surface area contributed by atoms with Crippen molar-refractivity contribution in [2.75, 3.05) is 20.3 Å². The number of nitrogens with one attached hydrogen (secondary N) is 1. The molecule has 1 unspecified atom stereocenters. The quantitative estimate of drug-likeness (QED) is 0.744. The fraction of sp³-hybridized carbons (Fsp3) is 0.727. The van der Waals surface area contributed by atoms with Gasteiger partial charge in [-0.3, -0.25) is 0 Å². The molecule has 4 nitrogen and oxygen atoms in total. The van der Waals surface area contributed by atoms with Gasteiger partial charge in [-0.25, -0.2) is 4.98 Å². The van der Waals surface area contributed by atoms with Gasteiger partial charge in [0.05, 0.1) is 12.6 Å². The number of hydrogen-bond acceptors (Lipinski definition) is 3. The third kappa shape index (κ3) is 3.32. The Hall–Kier alpha value is -0.870. The van der Waals surface area contributed by atoms with Crippen LogP contribution in [0.2, 0.25) is 0 Å². The molecule has 0 aliphatic heterocycles. The van der Waals surface area contributed by atoms with Gasteiger partial charge in [0, 0.05) is 26.0 Å². The molecule has 0 aliphatic rings. The number of aromatic nitrogens is 2. The minimum Gasteiger partial charge on any atom is -0.383 e. The van der Waals surface area contributed by atoms with Crippen LogP contribution >= 0.6 is 0 Å². The standard InChI is InChI=1S/C11H21N3O/c1-4-6-12-10(9-15-3)11-13-7-8-14(11)5-2/h7-8,10,12H,4-6,9H2,1-3H3. The SMILES string of the molecule is CCCNC(COC)c1nccn1CC. The fourth-order valence-corrected chi connectivity index (χ4v) is 1.61. The predicted molar refractivity (Wildman–Crippen MR) is 60.8 cm³/mol. The average Bonchev–Trinajstić information content (AvgIpc) is 2.72. The van der Waals surface area contributed by atoms with Crippen molar-refractivity contribution in [1.82, 2.24) is 14.9 Å². The van der Waals surface area contributed by atoms with E-state index in [4.69, 9.17) is 4.74 Å². The van der Waals surface area contributed by atoms with Crippen LogP contribution in [0.4, 0.5) is 0 Å². The molecule has 1 heterocycles. The highest BCUT2D eigenvalue weighted by Gasteiger charge is 2.15. The molecule has 1 atom stereocenters. The number of hydrogen-bond donors (Lipinski definition) is 1. The van der Waals surface area contributed by atoms with Crippen LogP contribution in [0.15, 0.2) is 12.4 Å². The molecule has 0 radical (unpaired) electrons. The van der Waals surface area contributed by atoms with Crippen molar-refractivity contribution in [1.29, 1.82) is 0 Å². The molecule has 0 fully saturated rings. The minimum absolute atomic E-state index is 0.199. The summed E-state index contributed by atoms with van der Waals surface area (Å²) >= 11 is 0. The summed E-state index contributed by atoms with van der Waals surface area (Å²) in [6, 6.07) is 0.199. The van der Waals surface area contributed by atoms with E-state index in [1.54, 1.807) is 7.11 Å². The van der Waals surface area contributed by atoms with Gasteiger partial charge < -0.3 is 14.6 Å². The van der Waals surface area contributed by atoms with Crippen molar-refractivity contribution in [3.05, 3.63) is 18.2 Å². The second-order valence-corrected chi connectivity index (χ2v) is 3.53. The number of methoxy groups -OCH3 is 1. The summed E-state index contributed by atoms with van der Waals surface area (Å²) in [6.07, 6.45) is 4.97. The number of ether oxygens (including phenoxy) is 1. The summed E-state index contributed by atoms with van der Waals surface area (Å²) in [5.41, 5.74) is 0. The Morgan fingerprint density at radius 3 is 2.93 bits per heavy atom. The van der Waals surface area contributed by atoms with Crippen LogP contribution in [0.1, 0.15) is 32.1 Å². The van der Waals surface area contributed by atoms with Gasteiger partial charge in [0.25, 0.3) is 0 Å². The Labute approximate surface area is 91.7 Å². The van der Waals surface area contributed by atoms with Crippen molar-refractivity contribution >= 4 is 0 Å². The van der Waals surface area contributed by atoms with Crippen molar-refractivity contribution in [2.24, 2.45) is 0 Å². The monoisotopic (exact) mass is 211 g/mol. The van der Waals surface area contributed by atoms with Gasteiger partial charge in [-0.15, -0.1) is 0 Å². The molecule has 1 aromatic rings. The second kappa shape index (κ2) is 6.58. The molecule has 15 heavy (non-hydrogen) atoms. The van der Waals surface area contributed by atoms with E-state index in [0.717, 1.165) is 25.3 Å². The lowest BCUT2D eigenvalue weighted by atomic mass is 10.2. The molecule has 86 valence electrons. The topological polar surface area (TPSA) is 39.1 Å². The summed E-state index contributed by atoms with van der Waals surface area (Å²) < 4.78 is 7.35. The number of imidazole rings is 1. The van der Waals surface area contributed by atoms with Gasteiger partial charge >= 0.3 is 0 Å². The van der Waals surface area contributed by atoms with E-state index in [-0.39, 0.29) is 6.04 Å². The Bertz CT molecular complexity index is 273. The highest BCUT2D eigenvalue weighted by molar-refractivity contribution is 4.99. The third-order valence-electron chi connectivity index (χ3n) is 2.37. The number of aryl methyl sites for hydroxylation is 1. The molecule has 4 heteroatoms. The molecule has 0 saturated carbocycles. The summed E-state index contributed by atoms with van der Waals surface area (Å²) in [5.74, 6) is 1.06.